The highest BCUT2D eigenvalue weighted by Gasteiger charge is 2.24. The van der Waals surface area contributed by atoms with Gasteiger partial charge in [0, 0.05) is 19.6 Å². The van der Waals surface area contributed by atoms with Gasteiger partial charge in [-0.1, -0.05) is 111 Å². The Balaban J connectivity index is -0.00000150. The van der Waals surface area contributed by atoms with Crippen LogP contribution in [0.3, 0.4) is 0 Å². The van der Waals surface area contributed by atoms with Crippen molar-refractivity contribution in [2.24, 2.45) is 0 Å². The smallest absolute Gasteiger partial charge is 0.407 e. The molecule has 0 heterocycles. The Kier molecular flexibility index (Phi) is 27.5. The highest BCUT2D eigenvalue weighted by molar-refractivity contribution is 7.89. The Morgan fingerprint density at radius 3 is 2.02 bits per heavy atom. The number of nitrogens with one attached hydrogen (secondary N) is 1. The Morgan fingerprint density at radius 1 is 1.02 bits per heavy atom. The number of hydrogen-bond acceptors (Lipinski definition) is 5. The molecule has 8 heteroatoms. The summed E-state index contributed by atoms with van der Waals surface area (Å²) in [6, 6.07) is 5.97. The highest BCUT2D eigenvalue weighted by Crippen LogP contribution is 2.21. The Labute approximate surface area is 271 Å². The summed E-state index contributed by atoms with van der Waals surface area (Å²) < 4.78 is 37.8. The van der Waals surface area contributed by atoms with Gasteiger partial charge in [-0.05, 0) is 69.9 Å². The first-order valence-electron chi connectivity index (χ1n) is 16.1. The van der Waals surface area contributed by atoms with Crippen LogP contribution in [0.25, 0.3) is 0 Å². The fourth-order valence-electron chi connectivity index (χ4n) is 3.37. The second-order valence-corrected chi connectivity index (χ2v) is 12.2. The number of allylic oxidation sites excluding steroid dienone is 6. The molecule has 0 unspecified atom stereocenters. The minimum Gasteiger partial charge on any atom is -0.497 e. The number of amides is 1. The van der Waals surface area contributed by atoms with Gasteiger partial charge < -0.3 is 14.8 Å². The van der Waals surface area contributed by atoms with E-state index in [0.717, 1.165) is 17.6 Å². The Morgan fingerprint density at radius 2 is 1.57 bits per heavy atom. The predicted octanol–water partition coefficient (Wildman–Crippen LogP) is 9.87. The molecule has 1 aliphatic carbocycles. The lowest BCUT2D eigenvalue weighted by atomic mass is 10.0. The molecule has 254 valence electrons. The van der Waals surface area contributed by atoms with E-state index in [2.05, 4.69) is 31.8 Å². The van der Waals surface area contributed by atoms with Crippen molar-refractivity contribution in [3.05, 3.63) is 72.4 Å². The molecule has 1 aromatic carbocycles. The lowest BCUT2D eigenvalue weighted by molar-refractivity contribution is 0.0501. The fraction of sp³-hybridized carbons (Fsp3) is 0.583. The maximum absolute atomic E-state index is 13.0. The van der Waals surface area contributed by atoms with Crippen LogP contribution in [0.1, 0.15) is 108 Å². The van der Waals surface area contributed by atoms with E-state index in [1.807, 2.05) is 59.8 Å². The van der Waals surface area contributed by atoms with Crippen molar-refractivity contribution in [2.45, 2.75) is 125 Å². The monoisotopic (exact) mass is 636 g/mol. The number of carbonyl (C=O) groups excluding carboxylic acids is 1. The fourth-order valence-corrected chi connectivity index (χ4v) is 4.56. The van der Waals surface area contributed by atoms with E-state index >= 15 is 0 Å². The highest BCUT2D eigenvalue weighted by atomic mass is 32.2. The molecule has 0 fully saturated rings. The van der Waals surface area contributed by atoms with Gasteiger partial charge in [0.05, 0.1) is 12.0 Å². The van der Waals surface area contributed by atoms with E-state index in [1.165, 1.54) is 43.4 Å². The van der Waals surface area contributed by atoms with E-state index < -0.39 is 21.7 Å². The topological polar surface area (TPSA) is 84.9 Å². The molecule has 0 aliphatic heterocycles. The zero-order chi connectivity index (χ0) is 34.8. The molecule has 1 N–H and O–H groups in total. The van der Waals surface area contributed by atoms with Gasteiger partial charge in [-0.3, -0.25) is 0 Å². The van der Waals surface area contributed by atoms with Gasteiger partial charge in [0.1, 0.15) is 11.4 Å². The SMILES string of the molecule is C=CC1=CC=C(C[C@@H](CCN(C)S(=O)(=O)c2ccc(OC)cc2)NC(=O)OC(C)(C)C)CC=C1.CC.CC.CC.CCCC. The summed E-state index contributed by atoms with van der Waals surface area (Å²) in [6.45, 7) is 25.8. The first kappa shape index (κ1) is 45.6. The quantitative estimate of drug-likeness (QED) is 0.261. The molecule has 0 bridgehead atoms. The van der Waals surface area contributed by atoms with Crippen LogP contribution in [-0.2, 0) is 14.8 Å². The number of benzene rings is 1. The van der Waals surface area contributed by atoms with E-state index in [9.17, 15) is 13.2 Å². The molecule has 7 nitrogen and oxygen atoms in total. The van der Waals surface area contributed by atoms with Gasteiger partial charge >= 0.3 is 6.09 Å². The number of nitrogens with zero attached hydrogens (tertiary/aromatic N) is 1. The van der Waals surface area contributed by atoms with Crippen LogP contribution in [0.2, 0.25) is 0 Å². The van der Waals surface area contributed by atoms with E-state index in [4.69, 9.17) is 9.47 Å². The van der Waals surface area contributed by atoms with Gasteiger partial charge in [0.15, 0.2) is 0 Å². The van der Waals surface area contributed by atoms with E-state index in [1.54, 1.807) is 39.0 Å². The molecular weight excluding hydrogens is 572 g/mol. The number of alkyl carbamates (subject to hydrolysis) is 1. The van der Waals surface area contributed by atoms with Gasteiger partial charge in [-0.25, -0.2) is 17.5 Å². The zero-order valence-corrected chi connectivity index (χ0v) is 30.9. The second kappa shape index (κ2) is 26.6. The van der Waals surface area contributed by atoms with Crippen molar-refractivity contribution in [3.8, 4) is 5.75 Å². The summed E-state index contributed by atoms with van der Waals surface area (Å²) in [6.07, 6.45) is 13.7. The number of sulfonamides is 1. The van der Waals surface area contributed by atoms with Crippen LogP contribution in [0.4, 0.5) is 4.79 Å². The molecule has 44 heavy (non-hydrogen) atoms. The molecule has 1 aromatic rings. The van der Waals surface area contributed by atoms with Crippen LogP contribution < -0.4 is 10.1 Å². The molecule has 2 rings (SSSR count). The standard InChI is InChI=1S/C26H36N2O5S.C4H10.3C2H6/c1-7-20-9-8-10-21(12-11-20)19-22(27-25(29)33-26(2,3)4)17-18-28(5)34(30,31)24-15-13-23(32-6)14-16-24;1-3-4-2;3*1-2/h7-9,11-16,22H,1,10,17-19H2,2-6H3,(H,27,29);3-4H2,1-2H3;3*1-2H3/t22-;;;;/m1..../s1. The molecule has 1 aliphatic rings. The molecule has 0 saturated carbocycles. The van der Waals surface area contributed by atoms with Crippen LogP contribution in [0, 0.1) is 0 Å². The lowest BCUT2D eigenvalue weighted by Crippen LogP contribution is -2.41. The molecular formula is C36H64N2O5S. The van der Waals surface area contributed by atoms with Crippen molar-refractivity contribution >= 4 is 16.1 Å². The number of carbonyl (C=O) groups is 1. The van der Waals surface area contributed by atoms with E-state index in [-0.39, 0.29) is 17.5 Å². The van der Waals surface area contributed by atoms with Gasteiger partial charge in [0.25, 0.3) is 0 Å². The number of methoxy groups -OCH3 is 1. The summed E-state index contributed by atoms with van der Waals surface area (Å²) in [4.78, 5) is 12.7. The average Bonchev–Trinajstić information content (AvgIpc) is 3.26. The average molecular weight is 637 g/mol. The maximum atomic E-state index is 13.0. The number of unbranched alkanes of at least 4 members (excludes halogenated alkanes) is 1. The molecule has 0 saturated heterocycles. The normalized spacial score (nSPS) is 12.8. The molecule has 1 atom stereocenters. The van der Waals surface area contributed by atoms with Crippen LogP contribution in [0.5, 0.6) is 5.75 Å². The minimum absolute atomic E-state index is 0.186. The predicted molar refractivity (Wildman–Crippen MR) is 190 cm³/mol. The third kappa shape index (κ3) is 20.2. The largest absolute Gasteiger partial charge is 0.497 e. The zero-order valence-electron chi connectivity index (χ0n) is 30.1. The van der Waals surface area contributed by atoms with E-state index in [0.29, 0.717) is 18.6 Å². The van der Waals surface area contributed by atoms with Crippen LogP contribution in [-0.4, -0.2) is 51.2 Å². The molecule has 1 amide bonds. The van der Waals surface area contributed by atoms with Crippen molar-refractivity contribution in [1.29, 1.82) is 0 Å². The first-order chi connectivity index (χ1) is 20.9. The van der Waals surface area contributed by atoms with Gasteiger partial charge in [-0.2, -0.15) is 0 Å². The summed E-state index contributed by atoms with van der Waals surface area (Å²) >= 11 is 0. The first-order valence-corrected chi connectivity index (χ1v) is 17.6. The third-order valence-electron chi connectivity index (χ3n) is 5.73. The van der Waals surface area contributed by atoms with Crippen molar-refractivity contribution in [2.75, 3.05) is 20.7 Å². The number of ether oxygens (including phenoxy) is 2. The second-order valence-electron chi connectivity index (χ2n) is 10.1. The van der Waals surface area contributed by atoms with Crippen LogP contribution in [0.15, 0.2) is 77.3 Å². The van der Waals surface area contributed by atoms with Gasteiger partial charge in [0.2, 0.25) is 10.0 Å². The molecule has 0 aromatic heterocycles. The van der Waals surface area contributed by atoms with Crippen LogP contribution >= 0.6 is 0 Å². The Bertz CT molecular complexity index is 1080. The van der Waals surface area contributed by atoms with Crippen molar-refractivity contribution in [3.63, 3.8) is 0 Å². The van der Waals surface area contributed by atoms with Crippen molar-refractivity contribution in [1.82, 2.24) is 9.62 Å². The Hall–Kier alpha value is -2.84. The number of rotatable bonds is 11. The lowest BCUT2D eigenvalue weighted by Gasteiger charge is -2.26. The maximum Gasteiger partial charge on any atom is 0.407 e. The summed E-state index contributed by atoms with van der Waals surface area (Å²) in [5, 5.41) is 2.92. The number of hydrogen-bond donors (Lipinski definition) is 1. The summed E-state index contributed by atoms with van der Waals surface area (Å²) in [5.41, 5.74) is 1.50. The molecule has 0 spiro atoms. The summed E-state index contributed by atoms with van der Waals surface area (Å²) in [7, 11) is -0.612. The van der Waals surface area contributed by atoms with Crippen molar-refractivity contribution < 1.29 is 22.7 Å². The van der Waals surface area contributed by atoms with Gasteiger partial charge in [-0.15, -0.1) is 0 Å². The third-order valence-corrected chi connectivity index (χ3v) is 7.60. The molecule has 0 radical (unpaired) electrons. The summed E-state index contributed by atoms with van der Waals surface area (Å²) in [5.74, 6) is 0.586. The minimum atomic E-state index is -3.68.